The molecule has 3 unspecified atom stereocenters. The third-order valence-electron chi connectivity index (χ3n) is 2.15. The summed E-state index contributed by atoms with van der Waals surface area (Å²) in [5, 5.41) is 3.20. The molecule has 0 aromatic rings. The molecule has 1 N–H and O–H groups in total. The van der Waals surface area contributed by atoms with Gasteiger partial charge in [-0.3, -0.25) is 0 Å². The van der Waals surface area contributed by atoms with E-state index >= 15 is 0 Å². The van der Waals surface area contributed by atoms with Crippen molar-refractivity contribution in [1.82, 2.24) is 5.32 Å². The van der Waals surface area contributed by atoms with Crippen molar-refractivity contribution in [3.05, 3.63) is 0 Å². The van der Waals surface area contributed by atoms with Crippen molar-refractivity contribution < 1.29 is 0 Å². The van der Waals surface area contributed by atoms with E-state index in [0.29, 0.717) is 0 Å². The Morgan fingerprint density at radius 3 is 2.10 bits per heavy atom. The molecule has 62 valence electrons. The molecular weight excluding hydrogens is 237 g/mol. The molecule has 0 bridgehead atoms. The molecule has 0 saturated carbocycles. The lowest BCUT2D eigenvalue weighted by Gasteiger charge is -2.21. The minimum absolute atomic E-state index is 0.779. The lowest BCUT2D eigenvalue weighted by molar-refractivity contribution is 0.382. The van der Waals surface area contributed by atoms with Gasteiger partial charge < -0.3 is 5.32 Å². The maximum atomic E-state index is 3.20. The van der Waals surface area contributed by atoms with Crippen molar-refractivity contribution in [2.45, 2.75) is 24.7 Å². The Labute approximate surface area is 78.1 Å². The Bertz CT molecular complexity index is 83.3. The van der Waals surface area contributed by atoms with Crippen LogP contribution >= 0.6 is 22.6 Å². The highest BCUT2D eigenvalue weighted by Gasteiger charge is 2.15. The van der Waals surface area contributed by atoms with Gasteiger partial charge in [-0.25, -0.2) is 0 Å². The number of rotatable bonds is 4. The molecule has 0 aromatic heterocycles. The Kier molecular flexibility index (Phi) is 5.72. The molecule has 2 heteroatoms. The lowest BCUT2D eigenvalue weighted by Crippen LogP contribution is -2.25. The number of hydrogen-bond acceptors (Lipinski definition) is 1. The molecule has 0 aliphatic rings. The van der Waals surface area contributed by atoms with Crippen molar-refractivity contribution in [1.29, 1.82) is 0 Å². The number of alkyl halides is 1. The van der Waals surface area contributed by atoms with Gasteiger partial charge in [0.15, 0.2) is 0 Å². The SMILES string of the molecule is CNCC(C)C(C)C(C)I. The molecule has 0 spiro atoms. The Morgan fingerprint density at radius 2 is 1.80 bits per heavy atom. The van der Waals surface area contributed by atoms with Gasteiger partial charge in [-0.2, -0.15) is 0 Å². The highest BCUT2D eigenvalue weighted by molar-refractivity contribution is 14.1. The van der Waals surface area contributed by atoms with Crippen LogP contribution in [0.3, 0.4) is 0 Å². The number of halogens is 1. The molecule has 0 heterocycles. The van der Waals surface area contributed by atoms with Crippen LogP contribution in [-0.4, -0.2) is 17.5 Å². The van der Waals surface area contributed by atoms with E-state index in [9.17, 15) is 0 Å². The van der Waals surface area contributed by atoms with Crippen LogP contribution < -0.4 is 5.32 Å². The van der Waals surface area contributed by atoms with E-state index in [1.807, 2.05) is 7.05 Å². The van der Waals surface area contributed by atoms with Crippen molar-refractivity contribution in [3.8, 4) is 0 Å². The fraction of sp³-hybridized carbons (Fsp3) is 1.00. The molecule has 0 amide bonds. The minimum atomic E-state index is 0.779. The zero-order valence-corrected chi connectivity index (χ0v) is 9.47. The zero-order valence-electron chi connectivity index (χ0n) is 7.32. The van der Waals surface area contributed by atoms with Gasteiger partial charge in [-0.1, -0.05) is 43.4 Å². The first-order valence-electron chi connectivity index (χ1n) is 3.88. The molecule has 0 saturated heterocycles. The van der Waals surface area contributed by atoms with E-state index in [1.54, 1.807) is 0 Å². The molecular formula is C8H18IN. The third-order valence-corrected chi connectivity index (χ3v) is 3.28. The van der Waals surface area contributed by atoms with Crippen LogP contribution in [0, 0.1) is 11.8 Å². The molecule has 0 rings (SSSR count). The van der Waals surface area contributed by atoms with E-state index in [1.165, 1.54) is 0 Å². The monoisotopic (exact) mass is 255 g/mol. The standard InChI is InChI=1S/C8H18IN/c1-6(5-10-4)7(2)8(3)9/h6-8,10H,5H2,1-4H3. The zero-order chi connectivity index (χ0) is 8.15. The number of nitrogens with one attached hydrogen (secondary N) is 1. The Hall–Kier alpha value is 0.690. The maximum Gasteiger partial charge on any atom is 0.0110 e. The van der Waals surface area contributed by atoms with E-state index in [0.717, 1.165) is 22.3 Å². The molecule has 0 aliphatic heterocycles. The van der Waals surface area contributed by atoms with Crippen LogP contribution in [0.25, 0.3) is 0 Å². The maximum absolute atomic E-state index is 3.20. The van der Waals surface area contributed by atoms with Crippen molar-refractivity contribution in [2.24, 2.45) is 11.8 Å². The van der Waals surface area contributed by atoms with E-state index in [-0.39, 0.29) is 0 Å². The first-order valence-corrected chi connectivity index (χ1v) is 5.12. The Morgan fingerprint density at radius 1 is 1.30 bits per heavy atom. The van der Waals surface area contributed by atoms with Gasteiger partial charge in [0.1, 0.15) is 0 Å². The highest BCUT2D eigenvalue weighted by atomic mass is 127. The van der Waals surface area contributed by atoms with Crippen LogP contribution in [-0.2, 0) is 0 Å². The van der Waals surface area contributed by atoms with Gasteiger partial charge in [0, 0.05) is 3.92 Å². The van der Waals surface area contributed by atoms with Crippen LogP contribution in [0.2, 0.25) is 0 Å². The average molecular weight is 255 g/mol. The molecule has 0 aromatic carbocycles. The average Bonchev–Trinajstić information content (AvgIpc) is 1.87. The Balaban J connectivity index is 3.58. The quantitative estimate of drug-likeness (QED) is 0.600. The molecule has 0 radical (unpaired) electrons. The summed E-state index contributed by atoms with van der Waals surface area (Å²) in [6.07, 6.45) is 0. The summed E-state index contributed by atoms with van der Waals surface area (Å²) in [5.74, 6) is 1.60. The second-order valence-corrected chi connectivity index (χ2v) is 5.04. The van der Waals surface area contributed by atoms with Gasteiger partial charge in [0.2, 0.25) is 0 Å². The molecule has 0 aliphatic carbocycles. The smallest absolute Gasteiger partial charge is 0.0110 e. The normalized spacial score (nSPS) is 20.1. The van der Waals surface area contributed by atoms with Gasteiger partial charge in [0.25, 0.3) is 0 Å². The summed E-state index contributed by atoms with van der Waals surface area (Å²) in [7, 11) is 2.01. The summed E-state index contributed by atoms with van der Waals surface area (Å²) in [4.78, 5) is 0. The van der Waals surface area contributed by atoms with Gasteiger partial charge in [-0.15, -0.1) is 0 Å². The summed E-state index contributed by atoms with van der Waals surface area (Å²) in [6, 6.07) is 0. The van der Waals surface area contributed by atoms with Crippen molar-refractivity contribution in [3.63, 3.8) is 0 Å². The largest absolute Gasteiger partial charge is 0.319 e. The fourth-order valence-corrected chi connectivity index (χ4v) is 1.67. The van der Waals surface area contributed by atoms with Crippen molar-refractivity contribution in [2.75, 3.05) is 13.6 Å². The predicted octanol–water partition coefficient (Wildman–Crippen LogP) is 2.30. The molecule has 3 atom stereocenters. The lowest BCUT2D eigenvalue weighted by atomic mass is 9.94. The minimum Gasteiger partial charge on any atom is -0.319 e. The fourth-order valence-electron chi connectivity index (χ4n) is 0.961. The highest BCUT2D eigenvalue weighted by Crippen LogP contribution is 2.20. The molecule has 10 heavy (non-hydrogen) atoms. The van der Waals surface area contributed by atoms with Gasteiger partial charge in [-0.05, 0) is 25.4 Å². The van der Waals surface area contributed by atoms with Gasteiger partial charge >= 0.3 is 0 Å². The van der Waals surface area contributed by atoms with Crippen molar-refractivity contribution >= 4 is 22.6 Å². The van der Waals surface area contributed by atoms with Gasteiger partial charge in [0.05, 0.1) is 0 Å². The molecule has 1 nitrogen and oxygen atoms in total. The number of hydrogen-bond donors (Lipinski definition) is 1. The predicted molar refractivity (Wildman–Crippen MR) is 55.7 cm³/mol. The first kappa shape index (κ1) is 10.7. The van der Waals surface area contributed by atoms with Crippen LogP contribution in [0.15, 0.2) is 0 Å². The van der Waals surface area contributed by atoms with Crippen LogP contribution in [0.4, 0.5) is 0 Å². The van der Waals surface area contributed by atoms with E-state index in [4.69, 9.17) is 0 Å². The van der Waals surface area contributed by atoms with E-state index < -0.39 is 0 Å². The summed E-state index contributed by atoms with van der Waals surface area (Å²) in [6.45, 7) is 8.03. The third kappa shape index (κ3) is 3.76. The van der Waals surface area contributed by atoms with E-state index in [2.05, 4.69) is 48.7 Å². The first-order chi connectivity index (χ1) is 4.59. The van der Waals surface area contributed by atoms with Crippen LogP contribution in [0.1, 0.15) is 20.8 Å². The summed E-state index contributed by atoms with van der Waals surface area (Å²) >= 11 is 2.50. The molecule has 0 fully saturated rings. The summed E-state index contributed by atoms with van der Waals surface area (Å²) in [5.41, 5.74) is 0. The second-order valence-electron chi connectivity index (χ2n) is 3.07. The second kappa shape index (κ2) is 5.35. The van der Waals surface area contributed by atoms with Crippen LogP contribution in [0.5, 0.6) is 0 Å². The summed E-state index contributed by atoms with van der Waals surface area (Å²) < 4.78 is 0.779. The topological polar surface area (TPSA) is 12.0 Å².